The molecule has 0 unspecified atom stereocenters. The van der Waals surface area contributed by atoms with E-state index in [2.05, 4.69) is 5.32 Å². The first-order valence-electron chi connectivity index (χ1n) is 10.6. The number of benzene rings is 3. The quantitative estimate of drug-likeness (QED) is 0.408. The van der Waals surface area contributed by atoms with Crippen LogP contribution in [0.1, 0.15) is 11.1 Å². The van der Waals surface area contributed by atoms with Crippen LogP contribution in [0.3, 0.4) is 0 Å². The highest BCUT2D eigenvalue weighted by atomic mass is 35.5. The summed E-state index contributed by atoms with van der Waals surface area (Å²) in [5.74, 6) is 2.65. The first kappa shape index (κ1) is 23.9. The molecule has 0 aromatic heterocycles. The van der Waals surface area contributed by atoms with E-state index in [-0.39, 0.29) is 12.8 Å². The molecule has 0 spiro atoms. The highest BCUT2D eigenvalue weighted by Crippen LogP contribution is 2.33. The van der Waals surface area contributed by atoms with E-state index in [1.165, 1.54) is 0 Å². The van der Waals surface area contributed by atoms with Crippen LogP contribution in [0.5, 0.6) is 23.0 Å². The lowest BCUT2D eigenvalue weighted by Crippen LogP contribution is -2.36. The van der Waals surface area contributed by atoms with E-state index in [9.17, 15) is 4.79 Å². The van der Waals surface area contributed by atoms with Gasteiger partial charge in [0, 0.05) is 18.1 Å². The maximum Gasteiger partial charge on any atom is 0.322 e. The Kier molecular flexibility index (Phi) is 7.55. The van der Waals surface area contributed by atoms with Crippen LogP contribution < -0.4 is 24.3 Å². The van der Waals surface area contributed by atoms with Crippen LogP contribution >= 0.6 is 23.2 Å². The van der Waals surface area contributed by atoms with Crippen molar-refractivity contribution in [3.8, 4) is 23.0 Å². The third-order valence-corrected chi connectivity index (χ3v) is 5.94. The second kappa shape index (κ2) is 10.8. The van der Waals surface area contributed by atoms with E-state index in [0.717, 1.165) is 11.1 Å². The van der Waals surface area contributed by atoms with Gasteiger partial charge in [-0.25, -0.2) is 4.79 Å². The van der Waals surface area contributed by atoms with E-state index >= 15 is 0 Å². The molecule has 7 nitrogen and oxygen atoms in total. The molecule has 0 fully saturated rings. The van der Waals surface area contributed by atoms with E-state index in [1.807, 2.05) is 36.4 Å². The Balaban J connectivity index is 1.53. The zero-order chi connectivity index (χ0) is 24.1. The van der Waals surface area contributed by atoms with E-state index in [1.54, 1.807) is 37.3 Å². The Morgan fingerprint density at radius 2 is 1.71 bits per heavy atom. The van der Waals surface area contributed by atoms with Crippen LogP contribution in [0.4, 0.5) is 10.5 Å². The lowest BCUT2D eigenvalue weighted by molar-refractivity contribution is 0.174. The number of anilines is 1. The number of carbonyl (C=O) groups is 1. The number of amides is 2. The van der Waals surface area contributed by atoms with Gasteiger partial charge in [0.2, 0.25) is 6.79 Å². The number of rotatable bonds is 8. The molecule has 0 atom stereocenters. The van der Waals surface area contributed by atoms with Gasteiger partial charge in [-0.1, -0.05) is 35.3 Å². The third-order valence-electron chi connectivity index (χ3n) is 5.39. The molecule has 3 aromatic rings. The maximum atomic E-state index is 13.3. The Hall–Kier alpha value is -3.29. The summed E-state index contributed by atoms with van der Waals surface area (Å²) in [5, 5.41) is 3.74. The second-order valence-electron chi connectivity index (χ2n) is 7.60. The van der Waals surface area contributed by atoms with E-state index in [0.29, 0.717) is 58.2 Å². The fourth-order valence-corrected chi connectivity index (χ4v) is 4.05. The van der Waals surface area contributed by atoms with Crippen molar-refractivity contribution in [3.05, 3.63) is 75.8 Å². The molecule has 1 heterocycles. The van der Waals surface area contributed by atoms with E-state index in [4.69, 9.17) is 42.1 Å². The van der Waals surface area contributed by atoms with Gasteiger partial charge in [-0.15, -0.1) is 0 Å². The van der Waals surface area contributed by atoms with Crippen LogP contribution in [-0.4, -0.2) is 38.5 Å². The fraction of sp³-hybridized carbons (Fsp3) is 0.240. The zero-order valence-corrected chi connectivity index (χ0v) is 20.3. The SMILES string of the molecule is COc1ccc(CCN(Cc2ccc3c(c2)OCO3)C(=O)Nc2ccc(Cl)cc2Cl)cc1OC. The number of nitrogens with one attached hydrogen (secondary N) is 1. The van der Waals surface area contributed by atoms with Crippen LogP contribution in [0, 0.1) is 0 Å². The van der Waals surface area contributed by atoms with E-state index < -0.39 is 0 Å². The average Bonchev–Trinajstić information content (AvgIpc) is 3.31. The summed E-state index contributed by atoms with van der Waals surface area (Å²) in [6.07, 6.45) is 0.604. The van der Waals surface area contributed by atoms with Crippen LogP contribution in [0.25, 0.3) is 0 Å². The molecule has 0 bridgehead atoms. The van der Waals surface area contributed by atoms with Gasteiger partial charge in [-0.3, -0.25) is 0 Å². The lowest BCUT2D eigenvalue weighted by atomic mass is 10.1. The van der Waals surface area contributed by atoms with Crippen LogP contribution in [-0.2, 0) is 13.0 Å². The Morgan fingerprint density at radius 1 is 0.941 bits per heavy atom. The van der Waals surface area contributed by atoms with Crippen molar-refractivity contribution in [1.82, 2.24) is 4.90 Å². The average molecular weight is 503 g/mol. The number of nitrogens with zero attached hydrogens (tertiary/aromatic N) is 1. The predicted octanol–water partition coefficient (Wildman–Crippen LogP) is 6.02. The number of hydrogen-bond acceptors (Lipinski definition) is 5. The summed E-state index contributed by atoms with van der Waals surface area (Å²) < 4.78 is 21.6. The molecule has 1 aliphatic rings. The number of ether oxygens (including phenoxy) is 4. The zero-order valence-electron chi connectivity index (χ0n) is 18.8. The van der Waals surface area contributed by atoms with Gasteiger partial charge in [0.1, 0.15) is 0 Å². The minimum Gasteiger partial charge on any atom is -0.493 e. The monoisotopic (exact) mass is 502 g/mol. The van der Waals surface area contributed by atoms with Gasteiger partial charge in [0.25, 0.3) is 0 Å². The number of urea groups is 1. The Morgan fingerprint density at radius 3 is 2.47 bits per heavy atom. The van der Waals surface area contributed by atoms with Crippen molar-refractivity contribution in [2.75, 3.05) is 32.9 Å². The van der Waals surface area contributed by atoms with Crippen LogP contribution in [0.2, 0.25) is 10.0 Å². The van der Waals surface area contributed by atoms with Gasteiger partial charge in [-0.2, -0.15) is 0 Å². The number of carbonyl (C=O) groups excluding carboxylic acids is 1. The third kappa shape index (κ3) is 5.61. The fourth-order valence-electron chi connectivity index (χ4n) is 3.60. The summed E-state index contributed by atoms with van der Waals surface area (Å²) in [6.45, 7) is 0.999. The first-order chi connectivity index (χ1) is 16.5. The number of fused-ring (bicyclic) bond motifs is 1. The van der Waals surface area contributed by atoms with Crippen molar-refractivity contribution < 1.29 is 23.7 Å². The van der Waals surface area contributed by atoms with Crippen LogP contribution in [0.15, 0.2) is 54.6 Å². The highest BCUT2D eigenvalue weighted by Gasteiger charge is 2.19. The summed E-state index contributed by atoms with van der Waals surface area (Å²) in [6, 6.07) is 16.0. The maximum absolute atomic E-state index is 13.3. The summed E-state index contributed by atoms with van der Waals surface area (Å²) >= 11 is 12.2. The Labute approximate surface area is 208 Å². The molecular weight excluding hydrogens is 479 g/mol. The lowest BCUT2D eigenvalue weighted by Gasteiger charge is -2.24. The molecule has 0 aliphatic carbocycles. The number of hydrogen-bond donors (Lipinski definition) is 1. The number of halogens is 2. The summed E-state index contributed by atoms with van der Waals surface area (Å²) in [7, 11) is 3.19. The molecule has 0 saturated carbocycles. The topological polar surface area (TPSA) is 69.3 Å². The van der Waals surface area contributed by atoms with Gasteiger partial charge < -0.3 is 29.2 Å². The minimum absolute atomic E-state index is 0.192. The van der Waals surface area contributed by atoms with Crippen molar-refractivity contribution in [3.63, 3.8) is 0 Å². The summed E-state index contributed by atoms with van der Waals surface area (Å²) in [4.78, 5) is 15.0. The number of methoxy groups -OCH3 is 2. The minimum atomic E-state index is -0.289. The molecule has 34 heavy (non-hydrogen) atoms. The molecule has 4 rings (SSSR count). The van der Waals surface area contributed by atoms with Gasteiger partial charge >= 0.3 is 6.03 Å². The predicted molar refractivity (Wildman–Crippen MR) is 132 cm³/mol. The van der Waals surface area contributed by atoms with Gasteiger partial charge in [0.15, 0.2) is 23.0 Å². The van der Waals surface area contributed by atoms with Gasteiger partial charge in [-0.05, 0) is 60.0 Å². The standard InChI is InChI=1S/C25H24Cl2N2O5/c1-31-21-7-3-16(11-23(21)32-2)9-10-29(14-17-4-8-22-24(12-17)34-15-33-22)25(30)28-20-6-5-18(26)13-19(20)27/h3-8,11-13H,9-10,14-15H2,1-2H3,(H,28,30). The second-order valence-corrected chi connectivity index (χ2v) is 8.45. The Bertz CT molecular complexity index is 1190. The van der Waals surface area contributed by atoms with Crippen molar-refractivity contribution >= 4 is 34.9 Å². The molecule has 1 N–H and O–H groups in total. The highest BCUT2D eigenvalue weighted by molar-refractivity contribution is 6.36. The largest absolute Gasteiger partial charge is 0.493 e. The molecule has 0 saturated heterocycles. The smallest absolute Gasteiger partial charge is 0.322 e. The molecule has 178 valence electrons. The van der Waals surface area contributed by atoms with Crippen molar-refractivity contribution in [2.45, 2.75) is 13.0 Å². The van der Waals surface area contributed by atoms with Gasteiger partial charge in [0.05, 0.1) is 24.9 Å². The normalized spacial score (nSPS) is 11.8. The molecule has 3 aromatic carbocycles. The molecule has 0 radical (unpaired) electrons. The molecule has 9 heteroatoms. The molecule has 1 aliphatic heterocycles. The van der Waals surface area contributed by atoms with Crippen molar-refractivity contribution in [1.29, 1.82) is 0 Å². The molecule has 2 amide bonds. The summed E-state index contributed by atoms with van der Waals surface area (Å²) in [5.41, 5.74) is 2.40. The van der Waals surface area contributed by atoms with Crippen molar-refractivity contribution in [2.24, 2.45) is 0 Å². The first-order valence-corrected chi connectivity index (χ1v) is 11.3. The molecular formula is C25H24Cl2N2O5.